The highest BCUT2D eigenvalue weighted by molar-refractivity contribution is 5.35. The van der Waals surface area contributed by atoms with Crippen molar-refractivity contribution >= 4 is 0 Å². The molecule has 1 aromatic carbocycles. The number of aryl methyl sites for hydroxylation is 1. The van der Waals surface area contributed by atoms with E-state index in [9.17, 15) is 13.2 Å². The number of aliphatic hydroxyl groups is 1. The lowest BCUT2D eigenvalue weighted by Crippen LogP contribution is -2.11. The fraction of sp³-hybridized carbons (Fsp3) is 0.400. The largest absolute Gasteiger partial charge is 0.465 e. The third-order valence-corrected chi connectivity index (χ3v) is 1.68. The molecule has 0 heterocycles. The molecule has 0 spiro atoms. The smallest absolute Gasteiger partial charge is 0.416 e. The molecule has 1 rings (SSSR count). The molecule has 2 nitrogen and oxygen atoms in total. The van der Waals surface area contributed by atoms with Crippen molar-refractivity contribution < 1.29 is 23.0 Å². The molecule has 0 aliphatic heterocycles. The second-order valence-electron chi connectivity index (χ2n) is 3.25. The van der Waals surface area contributed by atoms with Crippen LogP contribution in [0.3, 0.4) is 0 Å². The normalized spacial score (nSPS) is 13.7. The Morgan fingerprint density at radius 3 is 2.33 bits per heavy atom. The van der Waals surface area contributed by atoms with Crippen LogP contribution in [0.4, 0.5) is 13.2 Å². The van der Waals surface area contributed by atoms with Crippen molar-refractivity contribution in [2.45, 2.75) is 26.3 Å². The molecule has 1 N–H and O–H groups in total. The number of aliphatic hydroxyl groups excluding tert-OH is 1. The van der Waals surface area contributed by atoms with Crippen molar-refractivity contribution in [3.05, 3.63) is 29.3 Å². The summed E-state index contributed by atoms with van der Waals surface area (Å²) < 4.78 is 41.9. The molecule has 0 aliphatic rings. The first-order chi connectivity index (χ1) is 6.79. The van der Waals surface area contributed by atoms with Crippen LogP contribution in [-0.4, -0.2) is 11.4 Å². The molecule has 0 saturated carbocycles. The van der Waals surface area contributed by atoms with Gasteiger partial charge >= 0.3 is 6.18 Å². The first-order valence-electron chi connectivity index (χ1n) is 4.32. The van der Waals surface area contributed by atoms with E-state index in [0.29, 0.717) is 5.56 Å². The van der Waals surface area contributed by atoms with Gasteiger partial charge in [0, 0.05) is 0 Å². The Kier molecular flexibility index (Phi) is 3.24. The molecule has 1 atom stereocenters. The minimum absolute atomic E-state index is 0.0114. The lowest BCUT2D eigenvalue weighted by molar-refractivity contribution is -0.137. The topological polar surface area (TPSA) is 29.5 Å². The van der Waals surface area contributed by atoms with E-state index >= 15 is 0 Å². The van der Waals surface area contributed by atoms with E-state index in [1.54, 1.807) is 0 Å². The van der Waals surface area contributed by atoms with Crippen molar-refractivity contribution in [1.29, 1.82) is 0 Å². The molecule has 0 radical (unpaired) electrons. The van der Waals surface area contributed by atoms with Gasteiger partial charge in [-0.3, -0.25) is 0 Å². The number of benzene rings is 1. The van der Waals surface area contributed by atoms with Crippen LogP contribution in [0.25, 0.3) is 0 Å². The average molecular weight is 220 g/mol. The maximum atomic E-state index is 12.4. The lowest BCUT2D eigenvalue weighted by atomic mass is 10.1. The second-order valence-corrected chi connectivity index (χ2v) is 3.25. The van der Waals surface area contributed by atoms with Gasteiger partial charge in [-0.25, -0.2) is 0 Å². The number of hydrogen-bond donors (Lipinski definition) is 1. The Morgan fingerprint density at radius 1 is 1.27 bits per heavy atom. The zero-order valence-electron chi connectivity index (χ0n) is 8.30. The highest BCUT2D eigenvalue weighted by Gasteiger charge is 2.31. The predicted molar refractivity (Wildman–Crippen MR) is 48.5 cm³/mol. The summed E-state index contributed by atoms with van der Waals surface area (Å²) in [6.45, 7) is 2.86. The van der Waals surface area contributed by atoms with E-state index in [0.717, 1.165) is 12.1 Å². The van der Waals surface area contributed by atoms with E-state index in [4.69, 9.17) is 9.84 Å². The molecule has 84 valence electrons. The van der Waals surface area contributed by atoms with Crippen molar-refractivity contribution in [3.8, 4) is 5.75 Å². The highest BCUT2D eigenvalue weighted by atomic mass is 19.4. The minimum atomic E-state index is -4.40. The lowest BCUT2D eigenvalue weighted by Gasteiger charge is -2.13. The number of alkyl halides is 3. The van der Waals surface area contributed by atoms with E-state index < -0.39 is 18.0 Å². The third kappa shape index (κ3) is 3.43. The van der Waals surface area contributed by atoms with Gasteiger partial charge in [-0.15, -0.1) is 0 Å². The molecule has 5 heteroatoms. The zero-order chi connectivity index (χ0) is 11.6. The summed E-state index contributed by atoms with van der Waals surface area (Å²) >= 11 is 0. The number of ether oxygens (including phenoxy) is 1. The molecule has 1 aromatic rings. The molecule has 15 heavy (non-hydrogen) atoms. The summed E-state index contributed by atoms with van der Waals surface area (Å²) in [4.78, 5) is 0. The van der Waals surface area contributed by atoms with Crippen LogP contribution in [0.1, 0.15) is 18.1 Å². The van der Waals surface area contributed by atoms with E-state index in [1.807, 2.05) is 0 Å². The molecule has 0 bridgehead atoms. The van der Waals surface area contributed by atoms with Gasteiger partial charge in [0.15, 0.2) is 6.29 Å². The Hall–Kier alpha value is -1.23. The molecule has 0 saturated heterocycles. The fourth-order valence-electron chi connectivity index (χ4n) is 1.18. The van der Waals surface area contributed by atoms with Gasteiger partial charge in [0.2, 0.25) is 0 Å². The summed E-state index contributed by atoms with van der Waals surface area (Å²) in [7, 11) is 0. The average Bonchev–Trinajstić information content (AvgIpc) is 1.99. The second kappa shape index (κ2) is 4.10. The summed E-state index contributed by atoms with van der Waals surface area (Å²) in [5.74, 6) is 0.0114. The van der Waals surface area contributed by atoms with Crippen molar-refractivity contribution in [2.75, 3.05) is 0 Å². The van der Waals surface area contributed by atoms with E-state index in [1.165, 1.54) is 19.9 Å². The molecular formula is C10H11F3O2. The van der Waals surface area contributed by atoms with Crippen LogP contribution in [0.5, 0.6) is 5.75 Å². The third-order valence-electron chi connectivity index (χ3n) is 1.68. The first-order valence-corrected chi connectivity index (χ1v) is 4.32. The summed E-state index contributed by atoms with van der Waals surface area (Å²) in [6, 6.07) is 3.32. The van der Waals surface area contributed by atoms with Gasteiger partial charge in [-0.2, -0.15) is 13.2 Å². The summed E-state index contributed by atoms with van der Waals surface area (Å²) in [6.07, 6.45) is -5.53. The van der Waals surface area contributed by atoms with Gasteiger partial charge in [0.25, 0.3) is 0 Å². The van der Waals surface area contributed by atoms with Crippen molar-refractivity contribution in [3.63, 3.8) is 0 Å². The van der Waals surface area contributed by atoms with Crippen LogP contribution < -0.4 is 4.74 Å². The molecule has 0 aromatic heterocycles. The Balaban J connectivity index is 3.06. The Labute approximate surface area is 85.3 Å². The molecule has 0 fully saturated rings. The van der Waals surface area contributed by atoms with Gasteiger partial charge in [0.05, 0.1) is 5.56 Å². The first kappa shape index (κ1) is 11.8. The predicted octanol–water partition coefficient (Wildman–Crippen LogP) is 2.73. The fourth-order valence-corrected chi connectivity index (χ4v) is 1.18. The Bertz CT molecular complexity index is 345. The zero-order valence-corrected chi connectivity index (χ0v) is 8.30. The van der Waals surface area contributed by atoms with Gasteiger partial charge in [-0.1, -0.05) is 0 Å². The molecule has 0 unspecified atom stereocenters. The number of halogens is 3. The van der Waals surface area contributed by atoms with Crippen molar-refractivity contribution in [1.82, 2.24) is 0 Å². The maximum absolute atomic E-state index is 12.4. The number of hydrogen-bond acceptors (Lipinski definition) is 2. The van der Waals surface area contributed by atoms with Crippen LogP contribution in [-0.2, 0) is 6.18 Å². The van der Waals surface area contributed by atoms with Gasteiger partial charge in [-0.05, 0) is 37.6 Å². The van der Waals surface area contributed by atoms with E-state index in [2.05, 4.69) is 0 Å². The number of rotatable bonds is 2. The minimum Gasteiger partial charge on any atom is -0.465 e. The van der Waals surface area contributed by atoms with Crippen LogP contribution >= 0.6 is 0 Å². The quantitative estimate of drug-likeness (QED) is 0.776. The Morgan fingerprint density at radius 2 is 1.87 bits per heavy atom. The van der Waals surface area contributed by atoms with Crippen molar-refractivity contribution in [2.24, 2.45) is 0 Å². The SMILES string of the molecule is Cc1cc(O[C@H](C)O)cc(C(F)(F)F)c1. The molecule has 0 aliphatic carbocycles. The van der Waals surface area contributed by atoms with Crippen LogP contribution in [0.2, 0.25) is 0 Å². The van der Waals surface area contributed by atoms with Gasteiger partial charge < -0.3 is 9.84 Å². The highest BCUT2D eigenvalue weighted by Crippen LogP contribution is 2.32. The van der Waals surface area contributed by atoms with Crippen LogP contribution in [0, 0.1) is 6.92 Å². The standard InChI is InChI=1S/C10H11F3O2/c1-6-3-8(10(11,12)13)5-9(4-6)15-7(2)14/h3-5,7,14H,1-2H3/t7-/m1/s1. The maximum Gasteiger partial charge on any atom is 0.416 e. The monoisotopic (exact) mass is 220 g/mol. The van der Waals surface area contributed by atoms with Crippen LogP contribution in [0.15, 0.2) is 18.2 Å². The van der Waals surface area contributed by atoms with Gasteiger partial charge in [0.1, 0.15) is 5.75 Å². The summed E-state index contributed by atoms with van der Waals surface area (Å²) in [5.41, 5.74) is -0.348. The van der Waals surface area contributed by atoms with E-state index in [-0.39, 0.29) is 5.75 Å². The molecular weight excluding hydrogens is 209 g/mol. The summed E-state index contributed by atoms with van der Waals surface area (Å²) in [5, 5.41) is 8.89. The molecule has 0 amide bonds.